The van der Waals surface area contributed by atoms with Gasteiger partial charge in [-0.05, 0) is 37.3 Å². The molecule has 2 aromatic carbocycles. The molecule has 0 bridgehead atoms. The van der Waals surface area contributed by atoms with Crippen LogP contribution < -0.4 is 27.2 Å². The second-order valence-electron chi connectivity index (χ2n) is 4.95. The minimum atomic E-state index is -0.310. The van der Waals surface area contributed by atoms with Crippen molar-refractivity contribution in [3.8, 4) is 11.5 Å². The van der Waals surface area contributed by atoms with Crippen LogP contribution in [0.1, 0.15) is 17.3 Å². The average Bonchev–Trinajstić information content (AvgIpc) is 2.54. The number of carbonyl (C=O) groups excluding carboxylic acids is 1. The van der Waals surface area contributed by atoms with Crippen molar-refractivity contribution >= 4 is 11.5 Å². The smallest absolute Gasteiger partial charge is 0.184 e. The van der Waals surface area contributed by atoms with E-state index in [1.165, 1.54) is 0 Å². The zero-order chi connectivity index (χ0) is 14.7. The highest BCUT2D eigenvalue weighted by atomic mass is 35.5. The Labute approximate surface area is 135 Å². The average molecular weight is 319 g/mol. The Morgan fingerprint density at radius 1 is 1.05 bits per heavy atom. The summed E-state index contributed by atoms with van der Waals surface area (Å²) in [5.74, 6) is 1.36. The van der Waals surface area contributed by atoms with Crippen molar-refractivity contribution in [1.82, 2.24) is 0 Å². The summed E-state index contributed by atoms with van der Waals surface area (Å²) < 4.78 is 11.0. The summed E-state index contributed by atoms with van der Waals surface area (Å²) in [4.78, 5) is 12.5. The third kappa shape index (κ3) is 3.52. The van der Waals surface area contributed by atoms with Crippen molar-refractivity contribution in [2.45, 2.75) is 13.0 Å². The number of para-hydroxylation sites is 1. The van der Waals surface area contributed by atoms with Gasteiger partial charge in [0.1, 0.15) is 13.2 Å². The summed E-state index contributed by atoms with van der Waals surface area (Å²) in [7, 11) is 0. The second kappa shape index (κ2) is 7.18. The molecule has 1 unspecified atom stereocenters. The molecular weight excluding hydrogens is 302 g/mol. The number of hydrogen-bond acceptors (Lipinski definition) is 4. The SMILES string of the molecule is CC(Nc1ccccc1)C(=O)c1ccc2c(c1)OCCO2.[Cl-]. The Morgan fingerprint density at radius 3 is 2.45 bits per heavy atom. The third-order valence-corrected chi connectivity index (χ3v) is 3.38. The van der Waals surface area contributed by atoms with Gasteiger partial charge in [-0.3, -0.25) is 4.79 Å². The van der Waals surface area contributed by atoms with E-state index in [9.17, 15) is 4.79 Å². The van der Waals surface area contributed by atoms with Crippen LogP contribution >= 0.6 is 0 Å². The van der Waals surface area contributed by atoms with Crippen LogP contribution in [0.2, 0.25) is 0 Å². The van der Waals surface area contributed by atoms with Gasteiger partial charge in [0, 0.05) is 11.3 Å². The van der Waals surface area contributed by atoms with E-state index in [1.807, 2.05) is 37.3 Å². The first-order valence-corrected chi connectivity index (χ1v) is 6.99. The molecule has 0 saturated carbocycles. The maximum absolute atomic E-state index is 12.5. The fraction of sp³-hybridized carbons (Fsp3) is 0.235. The summed E-state index contributed by atoms with van der Waals surface area (Å²) in [6.07, 6.45) is 0. The molecule has 1 aliphatic heterocycles. The number of ketones is 1. The standard InChI is InChI=1S/C17H17NO3.ClH/c1-12(18-14-5-3-2-4-6-14)17(19)13-7-8-15-16(11-13)21-10-9-20-15;/h2-8,11-12,18H,9-10H2,1H3;1H/p-1. The molecule has 0 saturated heterocycles. The van der Waals surface area contributed by atoms with Crippen molar-refractivity contribution in [2.24, 2.45) is 0 Å². The Bertz CT molecular complexity index is 646. The molecule has 2 aromatic rings. The van der Waals surface area contributed by atoms with Crippen LogP contribution in [0.4, 0.5) is 5.69 Å². The fourth-order valence-electron chi connectivity index (χ4n) is 2.30. The molecular formula is C17H17ClNO3-. The molecule has 1 heterocycles. The molecule has 22 heavy (non-hydrogen) atoms. The first-order chi connectivity index (χ1) is 10.2. The monoisotopic (exact) mass is 318 g/mol. The maximum Gasteiger partial charge on any atom is 0.184 e. The molecule has 1 atom stereocenters. The molecule has 116 valence electrons. The molecule has 1 N–H and O–H groups in total. The Kier molecular flexibility index (Phi) is 5.28. The topological polar surface area (TPSA) is 47.6 Å². The van der Waals surface area contributed by atoms with Gasteiger partial charge < -0.3 is 27.2 Å². The van der Waals surface area contributed by atoms with Crippen molar-refractivity contribution in [2.75, 3.05) is 18.5 Å². The van der Waals surface area contributed by atoms with E-state index in [-0.39, 0.29) is 24.2 Å². The largest absolute Gasteiger partial charge is 1.00 e. The highest BCUT2D eigenvalue weighted by molar-refractivity contribution is 6.01. The summed E-state index contributed by atoms with van der Waals surface area (Å²) in [5.41, 5.74) is 1.55. The lowest BCUT2D eigenvalue weighted by atomic mass is 10.0. The van der Waals surface area contributed by atoms with E-state index in [0.717, 1.165) is 5.69 Å². The van der Waals surface area contributed by atoms with E-state index in [0.29, 0.717) is 30.3 Å². The van der Waals surface area contributed by atoms with Gasteiger partial charge in [-0.25, -0.2) is 0 Å². The maximum atomic E-state index is 12.5. The first-order valence-electron chi connectivity index (χ1n) is 6.99. The van der Waals surface area contributed by atoms with E-state index in [2.05, 4.69) is 5.32 Å². The van der Waals surface area contributed by atoms with E-state index in [1.54, 1.807) is 18.2 Å². The fourth-order valence-corrected chi connectivity index (χ4v) is 2.30. The number of halogens is 1. The van der Waals surface area contributed by atoms with Crippen LogP contribution in [0.25, 0.3) is 0 Å². The second-order valence-corrected chi connectivity index (χ2v) is 4.95. The zero-order valence-electron chi connectivity index (χ0n) is 12.2. The highest BCUT2D eigenvalue weighted by Gasteiger charge is 2.19. The molecule has 0 amide bonds. The predicted molar refractivity (Wildman–Crippen MR) is 81.3 cm³/mol. The number of carbonyl (C=O) groups is 1. The van der Waals surface area contributed by atoms with Gasteiger partial charge in [0.05, 0.1) is 6.04 Å². The molecule has 0 aromatic heterocycles. The van der Waals surface area contributed by atoms with Gasteiger partial charge >= 0.3 is 0 Å². The lowest BCUT2D eigenvalue weighted by molar-refractivity contribution is -0.0000122. The Morgan fingerprint density at radius 2 is 1.73 bits per heavy atom. The van der Waals surface area contributed by atoms with E-state index < -0.39 is 0 Å². The van der Waals surface area contributed by atoms with Gasteiger partial charge in [0.25, 0.3) is 0 Å². The quantitative estimate of drug-likeness (QED) is 0.815. The van der Waals surface area contributed by atoms with Crippen LogP contribution in [-0.4, -0.2) is 25.0 Å². The summed E-state index contributed by atoms with van der Waals surface area (Å²) in [6, 6.07) is 14.7. The third-order valence-electron chi connectivity index (χ3n) is 3.38. The number of Topliss-reactive ketones (excluding diaryl/α,β-unsaturated/α-hetero) is 1. The van der Waals surface area contributed by atoms with E-state index in [4.69, 9.17) is 9.47 Å². The van der Waals surface area contributed by atoms with Crippen molar-refractivity contribution in [1.29, 1.82) is 0 Å². The summed E-state index contributed by atoms with van der Waals surface area (Å²) in [5, 5.41) is 3.20. The molecule has 1 aliphatic rings. The van der Waals surface area contributed by atoms with Gasteiger partial charge in [0.2, 0.25) is 0 Å². The van der Waals surface area contributed by atoms with Crippen LogP contribution in [0.5, 0.6) is 11.5 Å². The van der Waals surface area contributed by atoms with Crippen LogP contribution in [0.15, 0.2) is 48.5 Å². The first kappa shape index (κ1) is 16.2. The summed E-state index contributed by atoms with van der Waals surface area (Å²) in [6.45, 7) is 2.92. The number of rotatable bonds is 4. The number of ether oxygens (including phenoxy) is 2. The summed E-state index contributed by atoms with van der Waals surface area (Å²) >= 11 is 0. The minimum Gasteiger partial charge on any atom is -1.00 e. The molecule has 3 rings (SSSR count). The van der Waals surface area contributed by atoms with Gasteiger partial charge in [-0.15, -0.1) is 0 Å². The van der Waals surface area contributed by atoms with Crippen molar-refractivity contribution in [3.63, 3.8) is 0 Å². The van der Waals surface area contributed by atoms with Crippen LogP contribution in [0.3, 0.4) is 0 Å². The molecule has 5 heteroatoms. The number of anilines is 1. The number of fused-ring (bicyclic) bond motifs is 1. The van der Waals surface area contributed by atoms with Gasteiger partial charge in [-0.1, -0.05) is 18.2 Å². The van der Waals surface area contributed by atoms with Gasteiger partial charge in [-0.2, -0.15) is 0 Å². The lowest BCUT2D eigenvalue weighted by Gasteiger charge is -2.20. The zero-order valence-corrected chi connectivity index (χ0v) is 13.0. The highest BCUT2D eigenvalue weighted by Crippen LogP contribution is 2.31. The molecule has 0 radical (unpaired) electrons. The normalized spacial score (nSPS) is 13.7. The number of hydrogen-bond donors (Lipinski definition) is 1. The van der Waals surface area contributed by atoms with Crippen molar-refractivity contribution < 1.29 is 26.7 Å². The minimum absolute atomic E-state index is 0. The Hall–Kier alpha value is -2.20. The Balaban J connectivity index is 0.00000176. The van der Waals surface area contributed by atoms with Crippen LogP contribution in [0, 0.1) is 0 Å². The lowest BCUT2D eigenvalue weighted by Crippen LogP contribution is -3.00. The number of benzene rings is 2. The molecule has 0 spiro atoms. The van der Waals surface area contributed by atoms with Crippen LogP contribution in [-0.2, 0) is 0 Å². The molecule has 0 aliphatic carbocycles. The molecule has 0 fully saturated rings. The molecule has 4 nitrogen and oxygen atoms in total. The van der Waals surface area contributed by atoms with E-state index >= 15 is 0 Å². The van der Waals surface area contributed by atoms with Crippen molar-refractivity contribution in [3.05, 3.63) is 54.1 Å². The number of nitrogens with one attached hydrogen (secondary N) is 1. The predicted octanol–water partition coefficient (Wildman–Crippen LogP) is 0.145. The van der Waals surface area contributed by atoms with Gasteiger partial charge in [0.15, 0.2) is 17.3 Å².